The fourth-order valence-corrected chi connectivity index (χ4v) is 3.92. The van der Waals surface area contributed by atoms with Gasteiger partial charge in [-0.1, -0.05) is 49.4 Å². The molecule has 0 saturated heterocycles. The largest absolute Gasteiger partial charge is 0.349 e. The highest BCUT2D eigenvalue weighted by atomic mass is 32.2. The van der Waals surface area contributed by atoms with Gasteiger partial charge in [-0.3, -0.25) is 9.59 Å². The number of hydrogen-bond donors (Lipinski definition) is 2. The molecular weight excluding hydrogens is 334 g/mol. The van der Waals surface area contributed by atoms with Crippen LogP contribution in [0.25, 0.3) is 0 Å². The predicted octanol–water partition coefficient (Wildman–Crippen LogP) is 3.01. The number of carbonyl (C=O) groups is 1. The number of fused-ring (bicyclic) bond motifs is 1. The molecule has 0 saturated carbocycles. The van der Waals surface area contributed by atoms with Crippen molar-refractivity contribution in [1.82, 2.24) is 15.3 Å². The van der Waals surface area contributed by atoms with Crippen molar-refractivity contribution >= 4 is 17.7 Å². The fraction of sp³-hybridized carbons (Fsp3) is 0.421. The Kier molecular flexibility index (Phi) is 5.91. The van der Waals surface area contributed by atoms with Crippen LogP contribution < -0.4 is 10.9 Å². The summed E-state index contributed by atoms with van der Waals surface area (Å²) in [5, 5.41) is 3.63. The number of nitrogens with one attached hydrogen (secondary N) is 2. The first-order valence-corrected chi connectivity index (χ1v) is 9.74. The van der Waals surface area contributed by atoms with Gasteiger partial charge in [0.25, 0.3) is 5.56 Å². The van der Waals surface area contributed by atoms with E-state index in [2.05, 4.69) is 27.4 Å². The molecule has 2 aromatic rings. The fourth-order valence-electron chi connectivity index (χ4n) is 3.21. The topological polar surface area (TPSA) is 74.8 Å². The number of hydrogen-bond acceptors (Lipinski definition) is 4. The van der Waals surface area contributed by atoms with E-state index in [1.165, 1.54) is 29.0 Å². The average Bonchev–Trinajstić information content (AvgIpc) is 2.60. The zero-order chi connectivity index (χ0) is 17.6. The molecule has 0 aliphatic heterocycles. The van der Waals surface area contributed by atoms with Crippen LogP contribution in [0.3, 0.4) is 0 Å². The van der Waals surface area contributed by atoms with Gasteiger partial charge < -0.3 is 10.3 Å². The monoisotopic (exact) mass is 357 g/mol. The van der Waals surface area contributed by atoms with Gasteiger partial charge in [-0.05, 0) is 36.8 Å². The van der Waals surface area contributed by atoms with Gasteiger partial charge in [-0.25, -0.2) is 4.98 Å². The number of H-pyrrole nitrogens is 1. The van der Waals surface area contributed by atoms with E-state index >= 15 is 0 Å². The van der Waals surface area contributed by atoms with Crippen molar-refractivity contribution in [1.29, 1.82) is 0 Å². The lowest BCUT2D eigenvalue weighted by Crippen LogP contribution is -2.32. The third kappa shape index (κ3) is 4.72. The predicted molar refractivity (Wildman–Crippen MR) is 99.8 cm³/mol. The molecule has 0 radical (unpaired) electrons. The van der Waals surface area contributed by atoms with Gasteiger partial charge in [0.2, 0.25) is 5.91 Å². The lowest BCUT2D eigenvalue weighted by atomic mass is 9.88. The molecule has 0 unspecified atom stereocenters. The SMILES string of the molecule is CCCc1cc(=O)[nH]c(SCC(=O)N[C@H]2CCCc3ccccc32)n1. The van der Waals surface area contributed by atoms with Crippen molar-refractivity contribution in [3.05, 3.63) is 57.5 Å². The first kappa shape index (κ1) is 17.7. The number of aromatic nitrogens is 2. The summed E-state index contributed by atoms with van der Waals surface area (Å²) in [5.74, 6) is 0.215. The van der Waals surface area contributed by atoms with Gasteiger partial charge in [-0.15, -0.1) is 0 Å². The van der Waals surface area contributed by atoms with Gasteiger partial charge in [0.1, 0.15) is 0 Å². The van der Waals surface area contributed by atoms with E-state index in [4.69, 9.17) is 0 Å². The summed E-state index contributed by atoms with van der Waals surface area (Å²) in [4.78, 5) is 31.1. The Morgan fingerprint density at radius 3 is 3.08 bits per heavy atom. The lowest BCUT2D eigenvalue weighted by Gasteiger charge is -2.26. The molecule has 1 aromatic carbocycles. The summed E-state index contributed by atoms with van der Waals surface area (Å²) >= 11 is 1.27. The Labute approximate surface area is 151 Å². The molecular formula is C19H23N3O2S. The number of aromatic amines is 1. The van der Waals surface area contributed by atoms with Crippen LogP contribution in [0.15, 0.2) is 40.3 Å². The molecule has 0 bridgehead atoms. The maximum absolute atomic E-state index is 12.3. The van der Waals surface area contributed by atoms with Crippen molar-refractivity contribution in [2.75, 3.05) is 5.75 Å². The van der Waals surface area contributed by atoms with Crippen LogP contribution in [0.2, 0.25) is 0 Å². The van der Waals surface area contributed by atoms with Crippen LogP contribution in [-0.4, -0.2) is 21.6 Å². The number of aryl methyl sites for hydroxylation is 2. The van der Waals surface area contributed by atoms with Crippen molar-refractivity contribution in [3.8, 4) is 0 Å². The number of carbonyl (C=O) groups excluding carboxylic acids is 1. The average molecular weight is 357 g/mol. The second-order valence-electron chi connectivity index (χ2n) is 6.29. The highest BCUT2D eigenvalue weighted by Crippen LogP contribution is 2.29. The maximum Gasteiger partial charge on any atom is 0.251 e. The molecule has 0 fully saturated rings. The summed E-state index contributed by atoms with van der Waals surface area (Å²) in [6, 6.07) is 9.90. The molecule has 0 spiro atoms. The van der Waals surface area contributed by atoms with Crippen molar-refractivity contribution < 1.29 is 4.79 Å². The molecule has 6 heteroatoms. The van der Waals surface area contributed by atoms with Gasteiger partial charge in [0, 0.05) is 11.8 Å². The molecule has 2 N–H and O–H groups in total. The van der Waals surface area contributed by atoms with E-state index in [0.717, 1.165) is 37.8 Å². The van der Waals surface area contributed by atoms with Gasteiger partial charge >= 0.3 is 0 Å². The summed E-state index contributed by atoms with van der Waals surface area (Å²) in [6.45, 7) is 2.05. The Hall–Kier alpha value is -2.08. The van der Waals surface area contributed by atoms with Gasteiger partial charge in [0.15, 0.2) is 5.16 Å². The van der Waals surface area contributed by atoms with E-state index in [-0.39, 0.29) is 23.3 Å². The second-order valence-corrected chi connectivity index (χ2v) is 7.26. The summed E-state index contributed by atoms with van der Waals surface area (Å²) in [5.41, 5.74) is 3.16. The van der Waals surface area contributed by atoms with E-state index in [0.29, 0.717) is 5.16 Å². The smallest absolute Gasteiger partial charge is 0.251 e. The molecule has 1 aromatic heterocycles. The van der Waals surface area contributed by atoms with Crippen molar-refractivity contribution in [2.45, 2.75) is 50.2 Å². The van der Waals surface area contributed by atoms with Gasteiger partial charge in [-0.2, -0.15) is 0 Å². The molecule has 1 aliphatic carbocycles. The molecule has 132 valence electrons. The van der Waals surface area contributed by atoms with Gasteiger partial charge in [0.05, 0.1) is 11.8 Å². The minimum absolute atomic E-state index is 0.0322. The molecule has 1 aliphatic rings. The Morgan fingerprint density at radius 1 is 1.40 bits per heavy atom. The first-order chi connectivity index (χ1) is 12.2. The summed E-state index contributed by atoms with van der Waals surface area (Å²) in [6.07, 6.45) is 4.83. The minimum atomic E-state index is -0.164. The first-order valence-electron chi connectivity index (χ1n) is 8.76. The molecule has 1 heterocycles. The van der Waals surface area contributed by atoms with Crippen LogP contribution in [-0.2, 0) is 17.6 Å². The zero-order valence-corrected chi connectivity index (χ0v) is 15.2. The highest BCUT2D eigenvalue weighted by molar-refractivity contribution is 7.99. The van der Waals surface area contributed by atoms with Crippen molar-refractivity contribution in [3.63, 3.8) is 0 Å². The third-order valence-electron chi connectivity index (χ3n) is 4.32. The Balaban J connectivity index is 1.60. The molecule has 3 rings (SSSR count). The Bertz CT molecular complexity index is 803. The lowest BCUT2D eigenvalue weighted by molar-refractivity contribution is -0.119. The summed E-state index contributed by atoms with van der Waals surface area (Å²) < 4.78 is 0. The normalized spacial score (nSPS) is 16.3. The standard InChI is InChI=1S/C19H23N3O2S/c1-2-6-14-11-17(23)22-19(20-14)25-12-18(24)21-16-10-5-8-13-7-3-4-9-15(13)16/h3-4,7,9,11,16H,2,5-6,8,10,12H2,1H3,(H,21,24)(H,20,22,23)/t16-/m0/s1. The zero-order valence-electron chi connectivity index (χ0n) is 14.4. The van der Waals surface area contributed by atoms with E-state index in [9.17, 15) is 9.59 Å². The quantitative estimate of drug-likeness (QED) is 0.616. The van der Waals surface area contributed by atoms with E-state index in [1.54, 1.807) is 0 Å². The number of amides is 1. The minimum Gasteiger partial charge on any atom is -0.349 e. The highest BCUT2D eigenvalue weighted by Gasteiger charge is 2.21. The van der Waals surface area contributed by atoms with Crippen LogP contribution in [0, 0.1) is 0 Å². The van der Waals surface area contributed by atoms with Crippen LogP contribution in [0.4, 0.5) is 0 Å². The maximum atomic E-state index is 12.3. The van der Waals surface area contributed by atoms with Crippen LogP contribution in [0.1, 0.15) is 49.0 Å². The van der Waals surface area contributed by atoms with E-state index in [1.807, 2.05) is 19.1 Å². The molecule has 5 nitrogen and oxygen atoms in total. The molecule has 25 heavy (non-hydrogen) atoms. The molecule has 1 amide bonds. The third-order valence-corrected chi connectivity index (χ3v) is 5.20. The number of rotatable bonds is 6. The van der Waals surface area contributed by atoms with Crippen LogP contribution >= 0.6 is 11.8 Å². The molecule has 1 atom stereocenters. The Morgan fingerprint density at radius 2 is 2.24 bits per heavy atom. The number of benzene rings is 1. The number of thioether (sulfide) groups is 1. The second kappa shape index (κ2) is 8.34. The summed E-state index contributed by atoms with van der Waals surface area (Å²) in [7, 11) is 0. The number of nitrogens with zero attached hydrogens (tertiary/aromatic N) is 1. The van der Waals surface area contributed by atoms with Crippen molar-refractivity contribution in [2.24, 2.45) is 0 Å². The van der Waals surface area contributed by atoms with Crippen LogP contribution in [0.5, 0.6) is 0 Å². The van der Waals surface area contributed by atoms with E-state index < -0.39 is 0 Å².